The Bertz CT molecular complexity index is 1250. The van der Waals surface area contributed by atoms with Crippen LogP contribution in [-0.2, 0) is 11.8 Å². The van der Waals surface area contributed by atoms with Gasteiger partial charge >= 0.3 is 5.97 Å². The Morgan fingerprint density at radius 2 is 2.11 bits per heavy atom. The number of carbonyl (C=O) groups is 1. The Morgan fingerprint density at radius 3 is 2.86 bits per heavy atom. The lowest BCUT2D eigenvalue weighted by molar-refractivity contribution is -0.137. The number of aromatic nitrogens is 3. The van der Waals surface area contributed by atoms with E-state index in [1.165, 1.54) is 0 Å². The highest BCUT2D eigenvalue weighted by Crippen LogP contribution is 2.36. The molecule has 3 aromatic rings. The number of likely N-dealkylation sites (tertiary alicyclic amines) is 1. The molecule has 3 heterocycles. The van der Waals surface area contributed by atoms with E-state index in [2.05, 4.69) is 26.7 Å². The molecule has 1 fully saturated rings. The van der Waals surface area contributed by atoms with E-state index >= 15 is 4.39 Å². The Morgan fingerprint density at radius 1 is 1.25 bits per heavy atom. The minimum absolute atomic E-state index is 0.127. The highest BCUT2D eigenvalue weighted by Gasteiger charge is 2.30. The maximum absolute atomic E-state index is 15.5. The van der Waals surface area contributed by atoms with Crippen LogP contribution in [0.5, 0.6) is 5.75 Å². The van der Waals surface area contributed by atoms with Crippen LogP contribution in [0.2, 0.25) is 0 Å². The number of aliphatic carboxylic acids is 1. The fraction of sp³-hybridized carbons (Fsp3) is 0.464. The van der Waals surface area contributed by atoms with Crippen LogP contribution in [0, 0.1) is 23.7 Å². The largest absolute Gasteiger partial charge is 0.497 e. The number of halogens is 1. The molecular weight excluding hydrogens is 459 g/mol. The first-order valence-electron chi connectivity index (χ1n) is 12.4. The Kier molecular flexibility index (Phi) is 8.55. The van der Waals surface area contributed by atoms with Gasteiger partial charge in [0.2, 0.25) is 0 Å². The second kappa shape index (κ2) is 12.0. The number of ether oxygens (including phenoxy) is 1. The van der Waals surface area contributed by atoms with E-state index in [1.807, 2.05) is 36.0 Å². The normalized spacial score (nSPS) is 19.0. The topological polar surface area (TPSA) is 80.5 Å². The molecule has 0 saturated carbocycles. The molecule has 0 bridgehead atoms. The molecule has 1 unspecified atom stereocenters. The number of fused-ring (bicyclic) bond motifs is 1. The zero-order valence-electron chi connectivity index (χ0n) is 20.9. The average molecular weight is 493 g/mol. The lowest BCUT2D eigenvalue weighted by Gasteiger charge is -2.38. The molecule has 0 amide bonds. The summed E-state index contributed by atoms with van der Waals surface area (Å²) in [4.78, 5) is 22.1. The molecule has 0 spiro atoms. The lowest BCUT2D eigenvalue weighted by atomic mass is 9.79. The quantitative estimate of drug-likeness (QED) is 0.439. The van der Waals surface area contributed by atoms with Crippen LogP contribution in [-0.4, -0.2) is 57.3 Å². The molecule has 36 heavy (non-hydrogen) atoms. The van der Waals surface area contributed by atoms with Gasteiger partial charge < -0.3 is 14.4 Å². The highest BCUT2D eigenvalue weighted by molar-refractivity contribution is 5.83. The second-order valence-electron chi connectivity index (χ2n) is 9.47. The van der Waals surface area contributed by atoms with Gasteiger partial charge in [-0.2, -0.15) is 0 Å². The van der Waals surface area contributed by atoms with E-state index in [1.54, 1.807) is 25.6 Å². The minimum Gasteiger partial charge on any atom is -0.497 e. The van der Waals surface area contributed by atoms with E-state index in [9.17, 15) is 9.90 Å². The summed E-state index contributed by atoms with van der Waals surface area (Å²) in [5.74, 6) is 7.39. The zero-order chi connectivity index (χ0) is 25.5. The number of nitrogens with zero attached hydrogens (tertiary/aromatic N) is 4. The number of aryl methyl sites for hydroxylation is 1. The standard InChI is InChI=1S/C28H33FN4O3/c1-32-17-14-31-27(32)4-3-15-33-16-12-20(21(19-33)6-10-28(34)35)5-8-25(29)23-11-13-30-26-9-7-22(36-2)18-24(23)26/h7,9,11,13-14,17-18,20-21,25H,5-6,8,10,12,15-16,19H2,1-2H3,(H,34,35)/t20-,21+,25?/m1/s1. The van der Waals surface area contributed by atoms with Gasteiger partial charge in [-0.25, -0.2) is 9.37 Å². The molecule has 0 aliphatic carbocycles. The van der Waals surface area contributed by atoms with E-state index < -0.39 is 12.1 Å². The second-order valence-corrected chi connectivity index (χ2v) is 9.47. The number of hydrogen-bond donors (Lipinski definition) is 1. The Labute approximate surface area is 211 Å². The van der Waals surface area contributed by atoms with Gasteiger partial charge in [-0.15, -0.1) is 0 Å². The van der Waals surface area contributed by atoms with Crippen molar-refractivity contribution in [3.63, 3.8) is 0 Å². The molecule has 8 heteroatoms. The number of carboxylic acid groups (broad SMARTS) is 1. The number of imidazole rings is 1. The lowest BCUT2D eigenvalue weighted by Crippen LogP contribution is -2.41. The summed E-state index contributed by atoms with van der Waals surface area (Å²) in [6.45, 7) is 2.26. The van der Waals surface area contributed by atoms with Crippen LogP contribution < -0.4 is 4.74 Å². The maximum Gasteiger partial charge on any atom is 0.303 e. The van der Waals surface area contributed by atoms with Crippen molar-refractivity contribution >= 4 is 16.9 Å². The van der Waals surface area contributed by atoms with E-state index in [0.29, 0.717) is 37.1 Å². The van der Waals surface area contributed by atoms with Gasteiger partial charge in [0.25, 0.3) is 0 Å². The Hall–Kier alpha value is -3.44. The predicted octanol–water partition coefficient (Wildman–Crippen LogP) is 4.62. The van der Waals surface area contributed by atoms with Crippen LogP contribution in [0.3, 0.4) is 0 Å². The third-order valence-electron chi connectivity index (χ3n) is 7.14. The molecule has 1 aliphatic rings. The van der Waals surface area contributed by atoms with Gasteiger partial charge in [0.05, 0.1) is 19.2 Å². The Balaban J connectivity index is 1.40. The van der Waals surface area contributed by atoms with Crippen molar-refractivity contribution in [2.75, 3.05) is 26.7 Å². The number of pyridine rings is 1. The van der Waals surface area contributed by atoms with Crippen molar-refractivity contribution in [3.05, 3.63) is 54.2 Å². The molecule has 7 nitrogen and oxygen atoms in total. The number of rotatable bonds is 9. The van der Waals surface area contributed by atoms with Crippen LogP contribution in [0.1, 0.15) is 49.7 Å². The van der Waals surface area contributed by atoms with Crippen LogP contribution >= 0.6 is 0 Å². The number of carboxylic acids is 1. The minimum atomic E-state index is -1.12. The van der Waals surface area contributed by atoms with Crippen LogP contribution in [0.15, 0.2) is 42.9 Å². The molecule has 1 N–H and O–H groups in total. The van der Waals surface area contributed by atoms with Crippen molar-refractivity contribution in [2.45, 2.75) is 38.3 Å². The van der Waals surface area contributed by atoms with Gasteiger partial charge in [0, 0.05) is 44.0 Å². The summed E-state index contributed by atoms with van der Waals surface area (Å²) >= 11 is 0. The van der Waals surface area contributed by atoms with Gasteiger partial charge in [-0.1, -0.05) is 5.92 Å². The summed E-state index contributed by atoms with van der Waals surface area (Å²) in [5.41, 5.74) is 1.37. The fourth-order valence-electron chi connectivity index (χ4n) is 5.09. The van der Waals surface area contributed by atoms with Crippen molar-refractivity contribution in [1.29, 1.82) is 0 Å². The average Bonchev–Trinajstić information content (AvgIpc) is 3.30. The third-order valence-corrected chi connectivity index (χ3v) is 7.14. The summed E-state index contributed by atoms with van der Waals surface area (Å²) < 4.78 is 22.7. The van der Waals surface area contributed by atoms with Crippen molar-refractivity contribution < 1.29 is 19.0 Å². The molecular formula is C28H33FN4O3. The molecule has 0 radical (unpaired) electrons. The SMILES string of the molecule is COc1ccc2nccc(C(F)CC[C@@H]3CCN(CC#Cc4nccn4C)C[C@@H]3CCC(=O)O)c2c1. The highest BCUT2D eigenvalue weighted by atomic mass is 19.1. The third kappa shape index (κ3) is 6.41. The maximum atomic E-state index is 15.5. The van der Waals surface area contributed by atoms with E-state index in [4.69, 9.17) is 4.74 Å². The summed E-state index contributed by atoms with van der Waals surface area (Å²) in [6.07, 6.45) is 6.85. The van der Waals surface area contributed by atoms with Gasteiger partial charge in [0.15, 0.2) is 5.82 Å². The van der Waals surface area contributed by atoms with Crippen molar-refractivity contribution in [3.8, 4) is 17.6 Å². The first-order chi connectivity index (χ1) is 17.4. The number of piperidine rings is 1. The molecule has 190 valence electrons. The monoisotopic (exact) mass is 492 g/mol. The van der Waals surface area contributed by atoms with Gasteiger partial charge in [-0.3, -0.25) is 14.7 Å². The van der Waals surface area contributed by atoms with E-state index in [0.717, 1.165) is 36.2 Å². The van der Waals surface area contributed by atoms with Crippen LogP contribution in [0.4, 0.5) is 4.39 Å². The number of alkyl halides is 1. The number of methoxy groups -OCH3 is 1. The summed E-state index contributed by atoms with van der Waals surface area (Å²) in [5, 5.41) is 10.0. The first kappa shape index (κ1) is 25.6. The summed E-state index contributed by atoms with van der Waals surface area (Å²) in [7, 11) is 3.51. The van der Waals surface area contributed by atoms with E-state index in [-0.39, 0.29) is 18.3 Å². The molecule has 4 rings (SSSR count). The first-order valence-corrected chi connectivity index (χ1v) is 12.4. The smallest absolute Gasteiger partial charge is 0.303 e. The molecule has 3 atom stereocenters. The molecule has 1 saturated heterocycles. The van der Waals surface area contributed by atoms with Crippen molar-refractivity contribution in [1.82, 2.24) is 19.4 Å². The molecule has 1 aromatic carbocycles. The number of benzene rings is 1. The number of hydrogen-bond acceptors (Lipinski definition) is 5. The van der Waals surface area contributed by atoms with Crippen molar-refractivity contribution in [2.24, 2.45) is 18.9 Å². The molecule has 1 aliphatic heterocycles. The molecule has 2 aromatic heterocycles. The van der Waals surface area contributed by atoms with Gasteiger partial charge in [-0.05, 0) is 79.8 Å². The predicted molar refractivity (Wildman–Crippen MR) is 136 cm³/mol. The summed E-state index contributed by atoms with van der Waals surface area (Å²) in [6, 6.07) is 7.26. The fourth-order valence-corrected chi connectivity index (χ4v) is 5.09. The zero-order valence-corrected chi connectivity index (χ0v) is 20.9. The van der Waals surface area contributed by atoms with Crippen LogP contribution in [0.25, 0.3) is 10.9 Å². The van der Waals surface area contributed by atoms with Gasteiger partial charge in [0.1, 0.15) is 11.9 Å².